The summed E-state index contributed by atoms with van der Waals surface area (Å²) in [4.78, 5) is 23.9. The average molecular weight is 696 g/mol. The highest BCUT2D eigenvalue weighted by molar-refractivity contribution is 5.98. The zero-order valence-electron chi connectivity index (χ0n) is 30.1. The molecule has 51 heavy (non-hydrogen) atoms. The topological polar surface area (TPSA) is 156 Å². The van der Waals surface area contributed by atoms with Crippen molar-refractivity contribution < 1.29 is 29.5 Å². The maximum Gasteiger partial charge on any atom is 0.171 e. The van der Waals surface area contributed by atoms with E-state index in [2.05, 4.69) is 38.7 Å². The summed E-state index contributed by atoms with van der Waals surface area (Å²) in [5.41, 5.74) is 12.9. The molecule has 0 saturated heterocycles. The molecule has 11 nitrogen and oxygen atoms in total. The molecule has 0 unspecified atom stereocenters. The molecule has 0 spiro atoms. The molecule has 0 amide bonds. The first-order valence-electron chi connectivity index (χ1n) is 18.2. The van der Waals surface area contributed by atoms with E-state index in [9.17, 15) is 15.3 Å². The van der Waals surface area contributed by atoms with Gasteiger partial charge in [0.25, 0.3) is 0 Å². The van der Waals surface area contributed by atoms with Crippen molar-refractivity contribution in [2.24, 2.45) is 0 Å². The first-order chi connectivity index (χ1) is 24.9. The number of H-pyrrole nitrogens is 1. The van der Waals surface area contributed by atoms with Gasteiger partial charge in [0.1, 0.15) is 11.4 Å². The van der Waals surface area contributed by atoms with Crippen molar-refractivity contribution in [1.29, 1.82) is 0 Å². The van der Waals surface area contributed by atoms with Crippen LogP contribution in [0.4, 0.5) is 0 Å². The number of aromatic nitrogens is 5. The first kappa shape index (κ1) is 36.2. The molecular formula is C40H49N5O6. The van der Waals surface area contributed by atoms with E-state index < -0.39 is 0 Å². The fourth-order valence-electron chi connectivity index (χ4n) is 6.91. The lowest BCUT2D eigenvalue weighted by molar-refractivity contribution is 0.211. The summed E-state index contributed by atoms with van der Waals surface area (Å²) in [5.74, 6) is 1.67. The Morgan fingerprint density at radius 1 is 0.765 bits per heavy atom. The minimum absolute atomic E-state index is 0.000403. The molecule has 3 aliphatic rings. The monoisotopic (exact) mass is 695 g/mol. The SMILES string of the molecule is CCC1=C(CC)c2nc1cc1[nH]c(cnc3cc(OCCCO)c(OCCCO)cc3ncc3nc4c2OCCCC4=C3C)c(C)c1CCCO. The summed E-state index contributed by atoms with van der Waals surface area (Å²) in [6.07, 6.45) is 9.14. The highest BCUT2D eigenvalue weighted by atomic mass is 16.5. The quantitative estimate of drug-likeness (QED) is 0.138. The van der Waals surface area contributed by atoms with E-state index in [-0.39, 0.29) is 19.8 Å². The number of aliphatic hydroxyl groups is 3. The molecule has 6 bridgehead atoms. The van der Waals surface area contributed by atoms with Crippen molar-refractivity contribution in [3.63, 3.8) is 0 Å². The van der Waals surface area contributed by atoms with Crippen molar-refractivity contribution in [1.82, 2.24) is 24.9 Å². The largest absolute Gasteiger partial charge is 0.490 e. The first-order valence-corrected chi connectivity index (χ1v) is 18.2. The van der Waals surface area contributed by atoms with Gasteiger partial charge in [-0.3, -0.25) is 9.97 Å². The molecule has 4 N–H and O–H groups in total. The Hall–Kier alpha value is -4.58. The van der Waals surface area contributed by atoms with Crippen LogP contribution in [0.25, 0.3) is 44.4 Å². The van der Waals surface area contributed by atoms with Crippen LogP contribution in [0.1, 0.15) is 99.6 Å². The predicted octanol–water partition coefficient (Wildman–Crippen LogP) is 6.93. The molecule has 270 valence electrons. The van der Waals surface area contributed by atoms with Crippen LogP contribution in [0, 0.1) is 6.92 Å². The zero-order valence-corrected chi connectivity index (χ0v) is 30.1. The third-order valence-electron chi connectivity index (χ3n) is 9.64. The van der Waals surface area contributed by atoms with E-state index >= 15 is 0 Å². The lowest BCUT2D eigenvalue weighted by atomic mass is 9.98. The van der Waals surface area contributed by atoms with Crippen molar-refractivity contribution in [3.05, 3.63) is 64.5 Å². The normalized spacial score (nSPS) is 14.0. The van der Waals surface area contributed by atoms with Crippen LogP contribution < -0.4 is 14.2 Å². The minimum Gasteiger partial charge on any atom is -0.490 e. The van der Waals surface area contributed by atoms with Gasteiger partial charge < -0.3 is 34.5 Å². The van der Waals surface area contributed by atoms with E-state index in [1.807, 2.05) is 0 Å². The van der Waals surface area contributed by atoms with Gasteiger partial charge in [0, 0.05) is 50.3 Å². The summed E-state index contributed by atoms with van der Waals surface area (Å²) >= 11 is 0. The number of aryl methyl sites for hydroxylation is 2. The number of nitrogens with one attached hydrogen (secondary N) is 1. The van der Waals surface area contributed by atoms with Crippen LogP contribution in [0.2, 0.25) is 0 Å². The van der Waals surface area contributed by atoms with E-state index in [1.165, 1.54) is 11.1 Å². The molecule has 11 heteroatoms. The standard InChI is InChI=1S/C40H49N5O6/c1-5-26-27(6-2)38-40-39-29(12-8-16-51-40)25(4)35(45-39)23-42-33-21-37(50-18-10-15-48)36(49-17-9-14-47)20-32(33)41-22-34-24(3)28(11-7-13-46)31(43-34)19-30(26)44-38/h19-23,43,46-48H,5-18H2,1-4H3. The van der Waals surface area contributed by atoms with E-state index in [1.54, 1.807) is 24.5 Å². The molecule has 0 aliphatic carbocycles. The highest BCUT2D eigenvalue weighted by Gasteiger charge is 2.29. The summed E-state index contributed by atoms with van der Waals surface area (Å²) in [7, 11) is 0. The Morgan fingerprint density at radius 2 is 1.41 bits per heavy atom. The number of fused-ring (bicyclic) bond motifs is 7. The smallest absolute Gasteiger partial charge is 0.171 e. The second kappa shape index (κ2) is 16.6. The third kappa shape index (κ3) is 7.56. The third-order valence-corrected chi connectivity index (χ3v) is 9.64. The Kier molecular flexibility index (Phi) is 11.8. The van der Waals surface area contributed by atoms with Crippen molar-refractivity contribution in [3.8, 4) is 17.2 Å². The molecule has 6 rings (SSSR count). The van der Waals surface area contributed by atoms with Gasteiger partial charge in [-0.15, -0.1) is 0 Å². The highest BCUT2D eigenvalue weighted by Crippen LogP contribution is 2.45. The van der Waals surface area contributed by atoms with Crippen molar-refractivity contribution >= 4 is 44.4 Å². The summed E-state index contributed by atoms with van der Waals surface area (Å²) in [5, 5.41) is 28.6. The van der Waals surface area contributed by atoms with Crippen LogP contribution in [0.5, 0.6) is 17.2 Å². The van der Waals surface area contributed by atoms with Crippen molar-refractivity contribution in [2.45, 2.75) is 79.1 Å². The lowest BCUT2D eigenvalue weighted by Crippen LogP contribution is -2.05. The summed E-state index contributed by atoms with van der Waals surface area (Å²) in [6, 6.07) is 5.73. The number of aliphatic hydroxyl groups excluding tert-OH is 3. The lowest BCUT2D eigenvalue weighted by Gasteiger charge is -2.13. The van der Waals surface area contributed by atoms with Crippen LogP contribution in [-0.2, 0) is 6.42 Å². The molecule has 1 aromatic carbocycles. The Morgan fingerprint density at radius 3 is 2.06 bits per heavy atom. The van der Waals surface area contributed by atoms with Gasteiger partial charge >= 0.3 is 0 Å². The van der Waals surface area contributed by atoms with Crippen LogP contribution in [0.3, 0.4) is 0 Å². The maximum atomic E-state index is 9.77. The average Bonchev–Trinajstić information content (AvgIpc) is 3.68. The van der Waals surface area contributed by atoms with Gasteiger partial charge in [-0.05, 0) is 91.9 Å². The number of hydrogen-bond donors (Lipinski definition) is 4. The number of rotatable bonds is 13. The molecule has 0 atom stereocenters. The van der Waals surface area contributed by atoms with Crippen LogP contribution in [0.15, 0.2) is 30.6 Å². The van der Waals surface area contributed by atoms with Gasteiger partial charge in [-0.2, -0.15) is 0 Å². The van der Waals surface area contributed by atoms with Crippen LogP contribution >= 0.6 is 0 Å². The Balaban J connectivity index is 1.72. The molecule has 2 aromatic heterocycles. The Labute approximate surface area is 298 Å². The number of allylic oxidation sites excluding steroid dienone is 4. The van der Waals surface area contributed by atoms with E-state index in [0.29, 0.717) is 68.0 Å². The molecule has 3 aliphatic heterocycles. The molecule has 3 aromatic rings. The molecular weight excluding hydrogens is 646 g/mol. The zero-order chi connectivity index (χ0) is 35.9. The second-order valence-corrected chi connectivity index (χ2v) is 12.9. The molecule has 0 fully saturated rings. The van der Waals surface area contributed by atoms with E-state index in [0.717, 1.165) is 87.5 Å². The summed E-state index contributed by atoms with van der Waals surface area (Å²) < 4.78 is 18.6. The maximum absolute atomic E-state index is 9.77. The van der Waals surface area contributed by atoms with Gasteiger partial charge in [0.2, 0.25) is 0 Å². The Bertz CT molecular complexity index is 2030. The second-order valence-electron chi connectivity index (χ2n) is 12.9. The molecule has 0 radical (unpaired) electrons. The number of hydrogen-bond acceptors (Lipinski definition) is 10. The van der Waals surface area contributed by atoms with Gasteiger partial charge in [-0.1, -0.05) is 13.8 Å². The fourth-order valence-corrected chi connectivity index (χ4v) is 6.91. The minimum atomic E-state index is -0.000707. The molecule has 5 heterocycles. The number of ether oxygens (including phenoxy) is 3. The number of nitrogens with zero attached hydrogens (tertiary/aromatic N) is 4. The van der Waals surface area contributed by atoms with E-state index in [4.69, 9.17) is 34.1 Å². The fraction of sp³-hybridized carbons (Fsp3) is 0.450. The number of aromatic amines is 1. The van der Waals surface area contributed by atoms with Gasteiger partial charge in [-0.25, -0.2) is 9.97 Å². The molecule has 0 saturated carbocycles. The summed E-state index contributed by atoms with van der Waals surface area (Å²) in [6.45, 7) is 9.75. The van der Waals surface area contributed by atoms with Gasteiger partial charge in [0.15, 0.2) is 17.2 Å². The van der Waals surface area contributed by atoms with Crippen molar-refractivity contribution in [2.75, 3.05) is 39.6 Å². The number of benzene rings is 1. The van der Waals surface area contributed by atoms with Crippen LogP contribution in [-0.4, -0.2) is 79.9 Å². The van der Waals surface area contributed by atoms with Gasteiger partial charge in [0.05, 0.1) is 60.2 Å². The predicted molar refractivity (Wildman–Crippen MR) is 200 cm³/mol.